The van der Waals surface area contributed by atoms with Crippen LogP contribution in [0.5, 0.6) is 0 Å². The Labute approximate surface area is 158 Å². The first-order chi connectivity index (χ1) is 12.0. The van der Waals surface area contributed by atoms with Gasteiger partial charge in [-0.05, 0) is 52.2 Å². The Balaban J connectivity index is 1.95. The van der Waals surface area contributed by atoms with Gasteiger partial charge in [-0.3, -0.25) is 0 Å². The molecule has 0 saturated heterocycles. The SMILES string of the molecule is CCC1(C)Cc2c(sc3nc(SC)nc(NCCCN(C)C)c23)CO1. The second-order valence-electron chi connectivity index (χ2n) is 7.10. The maximum atomic E-state index is 6.12. The van der Waals surface area contributed by atoms with E-state index < -0.39 is 0 Å². The van der Waals surface area contributed by atoms with Crippen LogP contribution < -0.4 is 5.32 Å². The van der Waals surface area contributed by atoms with E-state index in [0.717, 1.165) is 48.2 Å². The molecule has 0 aromatic carbocycles. The average molecular weight is 381 g/mol. The van der Waals surface area contributed by atoms with E-state index in [1.807, 2.05) is 6.26 Å². The van der Waals surface area contributed by atoms with Crippen LogP contribution in [-0.2, 0) is 17.8 Å². The normalized spacial score (nSPS) is 20.2. The molecule has 0 amide bonds. The summed E-state index contributed by atoms with van der Waals surface area (Å²) in [6, 6.07) is 0. The fourth-order valence-electron chi connectivity index (χ4n) is 3.10. The monoisotopic (exact) mass is 380 g/mol. The third kappa shape index (κ3) is 4.10. The van der Waals surface area contributed by atoms with Gasteiger partial charge in [0.2, 0.25) is 0 Å². The third-order valence-corrected chi connectivity index (χ3v) is 6.47. The largest absolute Gasteiger partial charge is 0.369 e. The molecule has 0 bridgehead atoms. The fraction of sp³-hybridized carbons (Fsp3) is 0.667. The number of ether oxygens (including phenoxy) is 1. The smallest absolute Gasteiger partial charge is 0.190 e. The molecule has 1 unspecified atom stereocenters. The van der Waals surface area contributed by atoms with Crippen molar-refractivity contribution in [1.82, 2.24) is 14.9 Å². The maximum Gasteiger partial charge on any atom is 0.190 e. The zero-order valence-corrected chi connectivity index (χ0v) is 17.4. The van der Waals surface area contributed by atoms with E-state index in [1.165, 1.54) is 15.8 Å². The van der Waals surface area contributed by atoms with E-state index in [-0.39, 0.29) is 5.60 Å². The lowest BCUT2D eigenvalue weighted by atomic mass is 9.90. The lowest BCUT2D eigenvalue weighted by Crippen LogP contribution is -2.34. The van der Waals surface area contributed by atoms with Gasteiger partial charge >= 0.3 is 0 Å². The molecule has 1 aliphatic rings. The number of nitrogens with one attached hydrogen (secondary N) is 1. The van der Waals surface area contributed by atoms with Gasteiger partial charge in [0.25, 0.3) is 0 Å². The highest BCUT2D eigenvalue weighted by Crippen LogP contribution is 2.42. The van der Waals surface area contributed by atoms with E-state index in [9.17, 15) is 0 Å². The highest BCUT2D eigenvalue weighted by molar-refractivity contribution is 7.98. The van der Waals surface area contributed by atoms with Crippen molar-refractivity contribution in [2.24, 2.45) is 0 Å². The maximum absolute atomic E-state index is 6.12. The van der Waals surface area contributed by atoms with Gasteiger partial charge in [-0.1, -0.05) is 18.7 Å². The van der Waals surface area contributed by atoms with Crippen LogP contribution in [0.3, 0.4) is 0 Å². The molecule has 2 aromatic rings. The number of hydrogen-bond donors (Lipinski definition) is 1. The minimum absolute atomic E-state index is 0.0820. The predicted octanol–water partition coefficient (Wildman–Crippen LogP) is 4.02. The van der Waals surface area contributed by atoms with Gasteiger partial charge in [0, 0.05) is 17.8 Å². The Morgan fingerprint density at radius 2 is 2.16 bits per heavy atom. The molecule has 7 heteroatoms. The second-order valence-corrected chi connectivity index (χ2v) is 8.95. The summed E-state index contributed by atoms with van der Waals surface area (Å²) in [5, 5.41) is 5.62. The summed E-state index contributed by atoms with van der Waals surface area (Å²) in [5.74, 6) is 0.992. The van der Waals surface area contributed by atoms with Crippen LogP contribution >= 0.6 is 23.1 Å². The zero-order chi connectivity index (χ0) is 18.0. The van der Waals surface area contributed by atoms with Crippen molar-refractivity contribution < 1.29 is 4.74 Å². The standard InChI is InChI=1S/C18H28N4OS2/c1-6-18(2)10-12-13(11-23-18)25-16-14(12)15(20-17(21-16)24-5)19-8-7-9-22(3)4/h6-11H2,1-5H3,(H,19,20,21). The molecule has 3 rings (SSSR count). The van der Waals surface area contributed by atoms with Crippen molar-refractivity contribution in [2.45, 2.75) is 50.5 Å². The molecular formula is C18H28N4OS2. The number of thioether (sulfide) groups is 1. The third-order valence-electron chi connectivity index (χ3n) is 4.82. The van der Waals surface area contributed by atoms with Gasteiger partial charge in [-0.2, -0.15) is 0 Å². The summed E-state index contributed by atoms with van der Waals surface area (Å²) >= 11 is 3.36. The quantitative estimate of drug-likeness (QED) is 0.445. The van der Waals surface area contributed by atoms with E-state index >= 15 is 0 Å². The molecule has 0 radical (unpaired) electrons. The fourth-order valence-corrected chi connectivity index (χ4v) is 4.63. The molecule has 3 heterocycles. The van der Waals surface area contributed by atoms with E-state index in [0.29, 0.717) is 6.61 Å². The predicted molar refractivity (Wildman–Crippen MR) is 108 cm³/mol. The molecule has 1 atom stereocenters. The van der Waals surface area contributed by atoms with Crippen molar-refractivity contribution in [3.63, 3.8) is 0 Å². The van der Waals surface area contributed by atoms with Crippen LogP contribution in [0.1, 0.15) is 37.1 Å². The Kier molecular flexibility index (Phi) is 5.88. The first kappa shape index (κ1) is 18.9. The Morgan fingerprint density at radius 1 is 1.36 bits per heavy atom. The Bertz CT molecular complexity index is 746. The summed E-state index contributed by atoms with van der Waals surface area (Å²) in [5.41, 5.74) is 1.31. The molecule has 2 aromatic heterocycles. The number of fused-ring (bicyclic) bond motifs is 3. The molecule has 1 N–H and O–H groups in total. The minimum Gasteiger partial charge on any atom is -0.369 e. The molecule has 5 nitrogen and oxygen atoms in total. The van der Waals surface area contributed by atoms with Gasteiger partial charge in [-0.25, -0.2) is 9.97 Å². The number of rotatable bonds is 7. The van der Waals surface area contributed by atoms with Gasteiger partial charge < -0.3 is 15.0 Å². The number of aromatic nitrogens is 2. The summed E-state index contributed by atoms with van der Waals surface area (Å²) in [6.45, 7) is 7.09. The molecule has 138 valence electrons. The van der Waals surface area contributed by atoms with Crippen molar-refractivity contribution in [3.05, 3.63) is 10.4 Å². The summed E-state index contributed by atoms with van der Waals surface area (Å²) in [7, 11) is 4.21. The lowest BCUT2D eigenvalue weighted by molar-refractivity contribution is -0.0542. The Morgan fingerprint density at radius 3 is 2.84 bits per heavy atom. The van der Waals surface area contributed by atoms with Crippen molar-refractivity contribution >= 4 is 39.1 Å². The van der Waals surface area contributed by atoms with Gasteiger partial charge in [0.05, 0.1) is 17.6 Å². The number of hydrogen-bond acceptors (Lipinski definition) is 7. The van der Waals surface area contributed by atoms with Crippen LogP contribution in [-0.4, -0.2) is 53.9 Å². The van der Waals surface area contributed by atoms with Crippen molar-refractivity contribution in [3.8, 4) is 0 Å². The first-order valence-electron chi connectivity index (χ1n) is 8.84. The van der Waals surface area contributed by atoms with E-state index in [4.69, 9.17) is 14.7 Å². The number of anilines is 1. The van der Waals surface area contributed by atoms with Crippen LogP contribution in [0.2, 0.25) is 0 Å². The van der Waals surface area contributed by atoms with E-state index in [2.05, 4.69) is 38.2 Å². The average Bonchev–Trinajstić information content (AvgIpc) is 2.95. The Hall–Kier alpha value is -0.890. The van der Waals surface area contributed by atoms with E-state index in [1.54, 1.807) is 23.1 Å². The topological polar surface area (TPSA) is 50.3 Å². The number of nitrogens with zero attached hydrogens (tertiary/aromatic N) is 3. The van der Waals surface area contributed by atoms with Crippen LogP contribution in [0.25, 0.3) is 10.2 Å². The molecule has 0 fully saturated rings. The lowest BCUT2D eigenvalue weighted by Gasteiger charge is -2.33. The van der Waals surface area contributed by atoms with Gasteiger partial charge in [0.15, 0.2) is 5.16 Å². The molecule has 0 spiro atoms. The molecular weight excluding hydrogens is 352 g/mol. The molecule has 1 aliphatic heterocycles. The summed E-state index contributed by atoms with van der Waals surface area (Å²) in [6.07, 6.45) is 5.07. The van der Waals surface area contributed by atoms with Crippen LogP contribution in [0.15, 0.2) is 5.16 Å². The second kappa shape index (κ2) is 7.78. The number of thiophene rings is 1. The van der Waals surface area contributed by atoms with Gasteiger partial charge in [0.1, 0.15) is 10.6 Å². The minimum atomic E-state index is -0.0820. The van der Waals surface area contributed by atoms with Crippen LogP contribution in [0, 0.1) is 0 Å². The van der Waals surface area contributed by atoms with Crippen molar-refractivity contribution in [1.29, 1.82) is 0 Å². The van der Waals surface area contributed by atoms with Gasteiger partial charge in [-0.15, -0.1) is 11.3 Å². The van der Waals surface area contributed by atoms with Crippen molar-refractivity contribution in [2.75, 3.05) is 38.8 Å². The zero-order valence-electron chi connectivity index (χ0n) is 15.8. The molecule has 0 saturated carbocycles. The summed E-state index contributed by atoms with van der Waals surface area (Å²) in [4.78, 5) is 14.1. The molecule has 25 heavy (non-hydrogen) atoms. The first-order valence-corrected chi connectivity index (χ1v) is 10.9. The highest BCUT2D eigenvalue weighted by atomic mass is 32.2. The molecule has 0 aliphatic carbocycles. The van der Waals surface area contributed by atoms with Crippen LogP contribution in [0.4, 0.5) is 5.82 Å². The highest BCUT2D eigenvalue weighted by Gasteiger charge is 2.33. The summed E-state index contributed by atoms with van der Waals surface area (Å²) < 4.78 is 6.12.